The number of hydrogen-bond acceptors (Lipinski definition) is 6. The SMILES string of the molecule is O=C(N[C@H]1CCN(Cc2ccncc2)C1)c1cc(-c2ccc(F)cc2)ns1.O=C(O)C(F)(F)F. The Bertz CT molecular complexity index is 1110. The van der Waals surface area contributed by atoms with Gasteiger partial charge in [-0.25, -0.2) is 9.18 Å². The highest BCUT2D eigenvalue weighted by Gasteiger charge is 2.38. The van der Waals surface area contributed by atoms with Crippen LogP contribution in [0, 0.1) is 5.82 Å². The number of rotatable bonds is 5. The molecule has 1 aliphatic rings. The molecule has 2 N–H and O–H groups in total. The van der Waals surface area contributed by atoms with Gasteiger partial charge in [0.15, 0.2) is 0 Å². The molecule has 1 amide bonds. The van der Waals surface area contributed by atoms with Gasteiger partial charge in [0.2, 0.25) is 0 Å². The van der Waals surface area contributed by atoms with Gasteiger partial charge in [-0.15, -0.1) is 0 Å². The van der Waals surface area contributed by atoms with E-state index in [9.17, 15) is 22.4 Å². The molecule has 1 atom stereocenters. The van der Waals surface area contributed by atoms with Gasteiger partial charge in [0.25, 0.3) is 5.91 Å². The summed E-state index contributed by atoms with van der Waals surface area (Å²) in [6.07, 6.45) is -0.555. The smallest absolute Gasteiger partial charge is 0.475 e. The Balaban J connectivity index is 0.000000406. The minimum Gasteiger partial charge on any atom is -0.475 e. The molecular formula is C22H20F4N4O3S. The highest BCUT2D eigenvalue weighted by atomic mass is 32.1. The van der Waals surface area contributed by atoms with Crippen molar-refractivity contribution in [2.75, 3.05) is 13.1 Å². The van der Waals surface area contributed by atoms with Crippen molar-refractivity contribution < 1.29 is 32.3 Å². The average molecular weight is 496 g/mol. The van der Waals surface area contributed by atoms with Crippen LogP contribution in [0.2, 0.25) is 0 Å². The summed E-state index contributed by atoms with van der Waals surface area (Å²) >= 11 is 1.17. The summed E-state index contributed by atoms with van der Waals surface area (Å²) in [6.45, 7) is 2.65. The molecule has 3 heterocycles. The topological polar surface area (TPSA) is 95.4 Å². The highest BCUT2D eigenvalue weighted by Crippen LogP contribution is 2.23. The Morgan fingerprint density at radius 3 is 2.41 bits per heavy atom. The predicted molar refractivity (Wildman–Crippen MR) is 117 cm³/mol. The molecule has 3 aromatic rings. The molecule has 0 unspecified atom stereocenters. The summed E-state index contributed by atoms with van der Waals surface area (Å²) < 4.78 is 49.1. The standard InChI is InChI=1S/C20H19FN4OS.C2HF3O2/c21-16-3-1-15(2-4-16)18-11-19(27-24-18)20(26)23-17-7-10-25(13-17)12-14-5-8-22-9-6-14;3-2(4,5)1(6)7/h1-6,8-9,11,17H,7,10,12-13H2,(H,23,26);(H,6,7)/t17-;/m0./s1. The van der Waals surface area contributed by atoms with Crippen LogP contribution >= 0.6 is 11.5 Å². The minimum absolute atomic E-state index is 0.100. The number of hydrogen-bond donors (Lipinski definition) is 2. The third kappa shape index (κ3) is 7.32. The number of aromatic nitrogens is 2. The van der Waals surface area contributed by atoms with Crippen molar-refractivity contribution in [3.63, 3.8) is 0 Å². The maximum absolute atomic E-state index is 13.0. The monoisotopic (exact) mass is 496 g/mol. The first-order chi connectivity index (χ1) is 16.1. The second-order valence-electron chi connectivity index (χ2n) is 7.44. The normalized spacial score (nSPS) is 15.9. The van der Waals surface area contributed by atoms with Crippen molar-refractivity contribution in [2.45, 2.75) is 25.2 Å². The highest BCUT2D eigenvalue weighted by molar-refractivity contribution is 7.08. The number of alkyl halides is 3. The minimum atomic E-state index is -5.08. The fourth-order valence-corrected chi connectivity index (χ4v) is 3.90. The van der Waals surface area contributed by atoms with E-state index in [0.29, 0.717) is 10.6 Å². The molecule has 0 saturated carbocycles. The quantitative estimate of drug-likeness (QED) is 0.519. The van der Waals surface area contributed by atoms with Crippen molar-refractivity contribution in [1.82, 2.24) is 19.6 Å². The van der Waals surface area contributed by atoms with E-state index in [0.717, 1.165) is 31.6 Å². The average Bonchev–Trinajstić information content (AvgIpc) is 3.45. The Morgan fingerprint density at radius 1 is 1.15 bits per heavy atom. The van der Waals surface area contributed by atoms with Crippen LogP contribution in [0.25, 0.3) is 11.3 Å². The fraction of sp³-hybridized carbons (Fsp3) is 0.273. The number of carbonyl (C=O) groups is 2. The Morgan fingerprint density at radius 2 is 1.79 bits per heavy atom. The van der Waals surface area contributed by atoms with Crippen LogP contribution in [-0.4, -0.2) is 56.5 Å². The van der Waals surface area contributed by atoms with E-state index in [1.54, 1.807) is 30.6 Å². The zero-order chi connectivity index (χ0) is 24.7. The van der Waals surface area contributed by atoms with Crippen LogP contribution in [0.3, 0.4) is 0 Å². The number of benzene rings is 1. The maximum atomic E-state index is 13.0. The van der Waals surface area contributed by atoms with Gasteiger partial charge in [0.05, 0.1) is 5.69 Å². The zero-order valence-corrected chi connectivity index (χ0v) is 18.4. The summed E-state index contributed by atoms with van der Waals surface area (Å²) in [5, 5.41) is 10.2. The van der Waals surface area contributed by atoms with Gasteiger partial charge in [-0.1, -0.05) is 0 Å². The van der Waals surface area contributed by atoms with Crippen LogP contribution in [0.4, 0.5) is 17.6 Å². The second kappa shape index (κ2) is 11.2. The van der Waals surface area contributed by atoms with Crippen LogP contribution < -0.4 is 5.32 Å². The number of amides is 1. The second-order valence-corrected chi connectivity index (χ2v) is 8.24. The number of carbonyl (C=O) groups excluding carboxylic acids is 1. The van der Waals surface area contributed by atoms with Crippen LogP contribution in [0.5, 0.6) is 0 Å². The molecular weight excluding hydrogens is 476 g/mol. The molecule has 0 radical (unpaired) electrons. The van der Waals surface area contributed by atoms with E-state index in [2.05, 4.69) is 19.6 Å². The van der Waals surface area contributed by atoms with E-state index in [1.807, 2.05) is 12.1 Å². The van der Waals surface area contributed by atoms with E-state index < -0.39 is 12.1 Å². The van der Waals surface area contributed by atoms with Gasteiger partial charge < -0.3 is 10.4 Å². The number of pyridine rings is 1. The van der Waals surface area contributed by atoms with Gasteiger partial charge in [-0.2, -0.15) is 17.5 Å². The molecule has 180 valence electrons. The van der Waals surface area contributed by atoms with Crippen molar-refractivity contribution in [3.8, 4) is 11.3 Å². The number of carboxylic acids is 1. The fourth-order valence-electron chi connectivity index (χ4n) is 3.24. The number of halogens is 4. The first-order valence-electron chi connectivity index (χ1n) is 10.1. The number of nitrogens with zero attached hydrogens (tertiary/aromatic N) is 3. The largest absolute Gasteiger partial charge is 0.490 e. The lowest BCUT2D eigenvalue weighted by atomic mass is 10.1. The number of aliphatic carboxylic acids is 1. The van der Waals surface area contributed by atoms with Gasteiger partial charge in [-0.05, 0) is 66.0 Å². The molecule has 2 aromatic heterocycles. The summed E-state index contributed by atoms with van der Waals surface area (Å²) in [5.41, 5.74) is 2.72. The van der Waals surface area contributed by atoms with Gasteiger partial charge in [0, 0.05) is 43.6 Å². The molecule has 0 spiro atoms. The molecule has 1 fully saturated rings. The van der Waals surface area contributed by atoms with E-state index in [-0.39, 0.29) is 17.8 Å². The summed E-state index contributed by atoms with van der Waals surface area (Å²) in [6, 6.07) is 12.0. The van der Waals surface area contributed by atoms with Crippen molar-refractivity contribution in [3.05, 3.63) is 71.1 Å². The Labute approximate surface area is 196 Å². The lowest BCUT2D eigenvalue weighted by Crippen LogP contribution is -2.36. The summed E-state index contributed by atoms with van der Waals surface area (Å²) in [4.78, 5) is 28.4. The van der Waals surface area contributed by atoms with Crippen molar-refractivity contribution in [2.24, 2.45) is 0 Å². The van der Waals surface area contributed by atoms with Crippen LogP contribution in [0.15, 0.2) is 54.9 Å². The third-order valence-corrected chi connectivity index (χ3v) is 5.67. The number of likely N-dealkylation sites (tertiary alicyclic amines) is 1. The van der Waals surface area contributed by atoms with Crippen molar-refractivity contribution >= 4 is 23.4 Å². The lowest BCUT2D eigenvalue weighted by molar-refractivity contribution is -0.192. The first kappa shape index (κ1) is 25.2. The summed E-state index contributed by atoms with van der Waals surface area (Å²) in [7, 11) is 0. The molecule has 0 bridgehead atoms. The number of carboxylic acid groups (broad SMARTS) is 1. The third-order valence-electron chi connectivity index (χ3n) is 4.88. The lowest BCUT2D eigenvalue weighted by Gasteiger charge is -2.16. The Hall–Kier alpha value is -3.38. The molecule has 34 heavy (non-hydrogen) atoms. The number of nitrogens with one attached hydrogen (secondary N) is 1. The van der Waals surface area contributed by atoms with Crippen LogP contribution in [-0.2, 0) is 11.3 Å². The van der Waals surface area contributed by atoms with Crippen LogP contribution in [0.1, 0.15) is 21.7 Å². The van der Waals surface area contributed by atoms with E-state index >= 15 is 0 Å². The van der Waals surface area contributed by atoms with Crippen molar-refractivity contribution in [1.29, 1.82) is 0 Å². The molecule has 1 aromatic carbocycles. The predicted octanol–water partition coefficient (Wildman–Crippen LogP) is 3.98. The molecule has 0 aliphatic carbocycles. The van der Waals surface area contributed by atoms with Gasteiger partial charge in [-0.3, -0.25) is 14.7 Å². The molecule has 7 nitrogen and oxygen atoms in total. The zero-order valence-electron chi connectivity index (χ0n) is 17.6. The van der Waals surface area contributed by atoms with Gasteiger partial charge >= 0.3 is 12.1 Å². The van der Waals surface area contributed by atoms with E-state index in [4.69, 9.17) is 9.90 Å². The summed E-state index contributed by atoms with van der Waals surface area (Å²) in [5.74, 6) is -3.14. The van der Waals surface area contributed by atoms with E-state index in [1.165, 1.54) is 29.2 Å². The first-order valence-corrected chi connectivity index (χ1v) is 10.8. The molecule has 4 rings (SSSR count). The molecule has 1 aliphatic heterocycles. The van der Waals surface area contributed by atoms with Gasteiger partial charge in [0.1, 0.15) is 10.7 Å². The molecule has 1 saturated heterocycles. The molecule has 12 heteroatoms. The Kier molecular flexibility index (Phi) is 8.29. The maximum Gasteiger partial charge on any atom is 0.490 e.